The molecule has 0 saturated heterocycles. The highest BCUT2D eigenvalue weighted by molar-refractivity contribution is 5.97. The summed E-state index contributed by atoms with van der Waals surface area (Å²) in [6.45, 7) is 10.6. The first kappa shape index (κ1) is 22.6. The van der Waals surface area contributed by atoms with Crippen LogP contribution in [0.2, 0.25) is 0 Å². The van der Waals surface area contributed by atoms with Crippen molar-refractivity contribution in [2.24, 2.45) is 11.1 Å². The molecule has 1 N–H and O–H groups in total. The van der Waals surface area contributed by atoms with E-state index in [1.54, 1.807) is 27.7 Å². The summed E-state index contributed by atoms with van der Waals surface area (Å²) in [7, 11) is 1.45. The number of oxime groups is 1. The normalized spacial score (nSPS) is 13.1. The SMILES string of the molecule is COCn1cc(/C(C)=N/OC(C)C)c(=O)n(C[C@H](C)NC(=O)C(C)C)c1=O. The predicted molar refractivity (Wildman–Crippen MR) is 103 cm³/mol. The van der Waals surface area contributed by atoms with Gasteiger partial charge in [-0.3, -0.25) is 18.7 Å². The Balaban J connectivity index is 3.33. The molecule has 9 heteroatoms. The van der Waals surface area contributed by atoms with Crippen LogP contribution in [0.4, 0.5) is 0 Å². The first-order valence-corrected chi connectivity index (χ1v) is 8.92. The smallest absolute Gasteiger partial charge is 0.332 e. The van der Waals surface area contributed by atoms with E-state index in [1.165, 1.54) is 17.9 Å². The van der Waals surface area contributed by atoms with E-state index in [9.17, 15) is 14.4 Å². The molecule has 0 bridgehead atoms. The van der Waals surface area contributed by atoms with Crippen LogP contribution < -0.4 is 16.6 Å². The summed E-state index contributed by atoms with van der Waals surface area (Å²) < 4.78 is 7.40. The highest BCUT2D eigenvalue weighted by atomic mass is 16.6. The average Bonchev–Trinajstić information content (AvgIpc) is 2.58. The molecule has 0 aliphatic rings. The van der Waals surface area contributed by atoms with Gasteiger partial charge in [0.25, 0.3) is 5.56 Å². The molecule has 152 valence electrons. The van der Waals surface area contributed by atoms with Gasteiger partial charge in [-0.2, -0.15) is 0 Å². The lowest BCUT2D eigenvalue weighted by Gasteiger charge is -2.18. The van der Waals surface area contributed by atoms with Crippen LogP contribution in [0, 0.1) is 5.92 Å². The zero-order valence-electron chi connectivity index (χ0n) is 17.1. The van der Waals surface area contributed by atoms with E-state index in [0.29, 0.717) is 5.71 Å². The van der Waals surface area contributed by atoms with E-state index in [1.807, 2.05) is 13.8 Å². The van der Waals surface area contributed by atoms with E-state index >= 15 is 0 Å². The maximum atomic E-state index is 12.8. The summed E-state index contributed by atoms with van der Waals surface area (Å²) in [5.74, 6) is -0.338. The van der Waals surface area contributed by atoms with Gasteiger partial charge in [0.1, 0.15) is 12.8 Å². The van der Waals surface area contributed by atoms with Gasteiger partial charge >= 0.3 is 5.69 Å². The minimum Gasteiger partial charge on any atom is -0.393 e. The zero-order valence-corrected chi connectivity index (χ0v) is 17.1. The molecule has 0 saturated carbocycles. The van der Waals surface area contributed by atoms with Crippen molar-refractivity contribution in [3.05, 3.63) is 32.6 Å². The Morgan fingerprint density at radius 1 is 1.22 bits per heavy atom. The summed E-state index contributed by atoms with van der Waals surface area (Å²) in [5.41, 5.74) is -0.429. The average molecular weight is 382 g/mol. The fourth-order valence-electron chi connectivity index (χ4n) is 2.26. The number of amides is 1. The first-order chi connectivity index (χ1) is 12.6. The molecule has 9 nitrogen and oxygen atoms in total. The summed E-state index contributed by atoms with van der Waals surface area (Å²) in [4.78, 5) is 42.6. The van der Waals surface area contributed by atoms with Gasteiger partial charge in [0.05, 0.1) is 17.8 Å². The topological polar surface area (TPSA) is 104 Å². The number of nitrogens with zero attached hydrogens (tertiary/aromatic N) is 3. The van der Waals surface area contributed by atoms with Crippen molar-refractivity contribution in [3.63, 3.8) is 0 Å². The number of aromatic nitrogens is 2. The van der Waals surface area contributed by atoms with Gasteiger partial charge in [-0.25, -0.2) is 4.79 Å². The molecule has 1 heterocycles. The Morgan fingerprint density at radius 2 is 1.85 bits per heavy atom. The molecule has 0 spiro atoms. The largest absolute Gasteiger partial charge is 0.393 e. The molecule has 0 aliphatic carbocycles. The molecule has 1 amide bonds. The molecule has 1 aromatic heterocycles. The van der Waals surface area contributed by atoms with Crippen LogP contribution in [-0.2, 0) is 27.6 Å². The number of ether oxygens (including phenoxy) is 1. The van der Waals surface area contributed by atoms with Gasteiger partial charge in [-0.1, -0.05) is 19.0 Å². The highest BCUT2D eigenvalue weighted by Gasteiger charge is 2.18. The maximum Gasteiger partial charge on any atom is 0.332 e. The quantitative estimate of drug-likeness (QED) is 0.505. The molecule has 0 radical (unpaired) electrons. The van der Waals surface area contributed by atoms with E-state index in [2.05, 4.69) is 10.5 Å². The van der Waals surface area contributed by atoms with E-state index in [0.717, 1.165) is 4.57 Å². The van der Waals surface area contributed by atoms with Crippen LogP contribution in [0.15, 0.2) is 20.9 Å². The monoisotopic (exact) mass is 382 g/mol. The van der Waals surface area contributed by atoms with Crippen molar-refractivity contribution in [1.82, 2.24) is 14.5 Å². The van der Waals surface area contributed by atoms with Crippen LogP contribution in [0.1, 0.15) is 47.1 Å². The third-order valence-electron chi connectivity index (χ3n) is 3.66. The predicted octanol–water partition coefficient (Wildman–Crippen LogP) is 0.924. The van der Waals surface area contributed by atoms with Crippen molar-refractivity contribution >= 4 is 11.6 Å². The molecule has 0 aromatic carbocycles. The number of nitrogens with one attached hydrogen (secondary N) is 1. The van der Waals surface area contributed by atoms with Gasteiger partial charge in [0.2, 0.25) is 5.91 Å². The van der Waals surface area contributed by atoms with Gasteiger partial charge in [-0.15, -0.1) is 0 Å². The second-order valence-corrected chi connectivity index (χ2v) is 7.02. The minimum absolute atomic E-state index is 0.0167. The summed E-state index contributed by atoms with van der Waals surface area (Å²) in [5, 5.41) is 6.74. The van der Waals surface area contributed by atoms with Crippen LogP contribution in [0.3, 0.4) is 0 Å². The second kappa shape index (κ2) is 10.1. The Bertz CT molecular complexity index is 792. The van der Waals surface area contributed by atoms with Crippen molar-refractivity contribution in [1.29, 1.82) is 0 Å². The molecule has 27 heavy (non-hydrogen) atoms. The number of hydrogen-bond acceptors (Lipinski definition) is 6. The standard InChI is InChI=1S/C18H30N4O5/c1-11(2)16(23)19-13(5)8-22-17(24)15(14(6)20-27-12(3)4)9-21(10-26-7)18(22)25/h9,11-13H,8,10H2,1-7H3,(H,19,23)/b20-14+/t13-/m0/s1. The zero-order chi connectivity index (χ0) is 20.7. The third-order valence-corrected chi connectivity index (χ3v) is 3.66. The van der Waals surface area contributed by atoms with Crippen LogP contribution in [-0.4, -0.2) is 40.0 Å². The number of hydrogen-bond donors (Lipinski definition) is 1. The molecule has 0 aliphatic heterocycles. The summed E-state index contributed by atoms with van der Waals surface area (Å²) in [6.07, 6.45) is 1.27. The maximum absolute atomic E-state index is 12.8. The fraction of sp³-hybridized carbons (Fsp3) is 0.667. The van der Waals surface area contributed by atoms with Gasteiger partial charge < -0.3 is 14.9 Å². The first-order valence-electron chi connectivity index (χ1n) is 8.92. The second-order valence-electron chi connectivity index (χ2n) is 7.02. The van der Waals surface area contributed by atoms with Crippen LogP contribution in [0.25, 0.3) is 0 Å². The molecule has 1 atom stereocenters. The molecule has 1 aromatic rings. The number of rotatable bonds is 9. The van der Waals surface area contributed by atoms with Crippen molar-refractivity contribution in [2.75, 3.05) is 7.11 Å². The van der Waals surface area contributed by atoms with E-state index in [4.69, 9.17) is 9.57 Å². The lowest BCUT2D eigenvalue weighted by molar-refractivity contribution is -0.124. The summed E-state index contributed by atoms with van der Waals surface area (Å²) >= 11 is 0. The molecule has 1 rings (SSSR count). The number of methoxy groups -OCH3 is 1. The highest BCUT2D eigenvalue weighted by Crippen LogP contribution is 1.99. The van der Waals surface area contributed by atoms with Crippen molar-refractivity contribution < 1.29 is 14.4 Å². The molecule has 0 fully saturated rings. The Kier molecular flexibility index (Phi) is 8.42. The Hall–Kier alpha value is -2.42. The molecular formula is C18H30N4O5. The van der Waals surface area contributed by atoms with Crippen molar-refractivity contribution in [3.8, 4) is 0 Å². The summed E-state index contributed by atoms with van der Waals surface area (Å²) in [6, 6.07) is -0.402. The molecular weight excluding hydrogens is 352 g/mol. The number of carbonyl (C=O) groups excluding carboxylic acids is 1. The number of carbonyl (C=O) groups is 1. The Morgan fingerprint density at radius 3 is 2.37 bits per heavy atom. The van der Waals surface area contributed by atoms with Crippen molar-refractivity contribution in [2.45, 2.75) is 67.0 Å². The lowest BCUT2D eigenvalue weighted by atomic mass is 10.2. The Labute approximate surface area is 159 Å². The fourth-order valence-corrected chi connectivity index (χ4v) is 2.26. The molecule has 0 unspecified atom stereocenters. The van der Waals surface area contributed by atoms with E-state index in [-0.39, 0.29) is 36.8 Å². The third kappa shape index (κ3) is 6.35. The van der Waals surface area contributed by atoms with E-state index < -0.39 is 17.3 Å². The van der Waals surface area contributed by atoms with Gasteiger partial charge in [0.15, 0.2) is 0 Å². The van der Waals surface area contributed by atoms with Gasteiger partial charge in [-0.05, 0) is 27.7 Å². The van der Waals surface area contributed by atoms with Gasteiger partial charge in [0, 0.05) is 25.3 Å². The minimum atomic E-state index is -0.520. The van der Waals surface area contributed by atoms with Crippen LogP contribution in [0.5, 0.6) is 0 Å². The lowest BCUT2D eigenvalue weighted by Crippen LogP contribution is -2.47. The van der Waals surface area contributed by atoms with Crippen LogP contribution >= 0.6 is 0 Å².